The molecule has 0 unspecified atom stereocenters. The second-order valence-electron chi connectivity index (χ2n) is 8.83. The van der Waals surface area contributed by atoms with Gasteiger partial charge in [-0.1, -0.05) is 41.9 Å². The molecule has 6 nitrogen and oxygen atoms in total. The van der Waals surface area contributed by atoms with Gasteiger partial charge >= 0.3 is 0 Å². The van der Waals surface area contributed by atoms with Crippen LogP contribution in [-0.2, 0) is 29.4 Å². The molecule has 4 rings (SSSR count). The molecule has 34 heavy (non-hydrogen) atoms. The second-order valence-corrected chi connectivity index (χ2v) is 11.2. The molecule has 2 heterocycles. The van der Waals surface area contributed by atoms with Crippen LogP contribution >= 0.6 is 11.6 Å². The molecule has 1 N–H and O–H groups in total. The van der Waals surface area contributed by atoms with E-state index >= 15 is 0 Å². The van der Waals surface area contributed by atoms with Gasteiger partial charge in [-0.25, -0.2) is 18.4 Å². The van der Waals surface area contributed by atoms with Crippen molar-refractivity contribution in [1.29, 1.82) is 0 Å². The molecule has 0 radical (unpaired) electrons. The smallest absolute Gasteiger partial charge is 0.211 e. The predicted octanol–water partition coefficient (Wildman–Crippen LogP) is 4.49. The SMILES string of the molecule is CS(=O)(=O)N(Cc1cccc(-c2ccnc(CCCc3cccc(Cl)c3)n2)c1)C1CCNCC1. The lowest BCUT2D eigenvalue weighted by Crippen LogP contribution is -2.45. The fourth-order valence-electron chi connectivity index (χ4n) is 4.44. The van der Waals surface area contributed by atoms with E-state index in [1.165, 1.54) is 11.8 Å². The van der Waals surface area contributed by atoms with Gasteiger partial charge in [0.15, 0.2) is 0 Å². The summed E-state index contributed by atoms with van der Waals surface area (Å²) < 4.78 is 26.7. The van der Waals surface area contributed by atoms with Gasteiger partial charge in [0.25, 0.3) is 0 Å². The lowest BCUT2D eigenvalue weighted by atomic mass is 10.0. The van der Waals surface area contributed by atoms with Gasteiger partial charge in [-0.05, 0) is 74.2 Å². The maximum atomic E-state index is 12.5. The van der Waals surface area contributed by atoms with E-state index in [4.69, 9.17) is 16.6 Å². The summed E-state index contributed by atoms with van der Waals surface area (Å²) in [5, 5.41) is 4.06. The molecule has 1 fully saturated rings. The predicted molar refractivity (Wildman–Crippen MR) is 137 cm³/mol. The summed E-state index contributed by atoms with van der Waals surface area (Å²) in [4.78, 5) is 9.22. The van der Waals surface area contributed by atoms with E-state index in [2.05, 4.69) is 16.4 Å². The van der Waals surface area contributed by atoms with Crippen molar-refractivity contribution in [2.24, 2.45) is 0 Å². The number of aryl methyl sites for hydroxylation is 2. The van der Waals surface area contributed by atoms with E-state index in [9.17, 15) is 8.42 Å². The van der Waals surface area contributed by atoms with Crippen molar-refractivity contribution in [2.45, 2.75) is 44.7 Å². The first-order valence-electron chi connectivity index (χ1n) is 11.7. The van der Waals surface area contributed by atoms with Crippen molar-refractivity contribution < 1.29 is 8.42 Å². The average molecular weight is 499 g/mol. The summed E-state index contributed by atoms with van der Waals surface area (Å²) >= 11 is 6.08. The van der Waals surface area contributed by atoms with Crippen LogP contribution in [0.4, 0.5) is 0 Å². The summed E-state index contributed by atoms with van der Waals surface area (Å²) in [7, 11) is -3.31. The summed E-state index contributed by atoms with van der Waals surface area (Å²) in [6, 6.07) is 17.9. The Bertz CT molecular complexity index is 1210. The monoisotopic (exact) mass is 498 g/mol. The standard InChI is InChI=1S/C26H31ClN4O2S/c1-34(32,33)31(24-11-14-28-15-12-24)19-21-7-2-8-22(17-21)25-13-16-29-26(30-25)10-4-6-20-5-3-9-23(27)18-20/h2-3,5,7-9,13,16-18,24,28H,4,6,10-12,14-15,19H2,1H3. The number of aromatic nitrogens is 2. The van der Waals surface area contributed by atoms with E-state index in [1.54, 1.807) is 10.5 Å². The Morgan fingerprint density at radius 1 is 1.03 bits per heavy atom. The van der Waals surface area contributed by atoms with Crippen LogP contribution in [0.25, 0.3) is 11.3 Å². The van der Waals surface area contributed by atoms with Gasteiger partial charge in [0.2, 0.25) is 10.0 Å². The van der Waals surface area contributed by atoms with Crippen molar-refractivity contribution in [1.82, 2.24) is 19.6 Å². The van der Waals surface area contributed by atoms with Crippen molar-refractivity contribution in [3.05, 3.63) is 82.8 Å². The van der Waals surface area contributed by atoms with Crippen LogP contribution in [0.1, 0.15) is 36.2 Å². The number of benzene rings is 2. The number of hydrogen-bond donors (Lipinski definition) is 1. The van der Waals surface area contributed by atoms with Gasteiger partial charge in [0.05, 0.1) is 11.9 Å². The van der Waals surface area contributed by atoms with Gasteiger partial charge in [-0.2, -0.15) is 4.31 Å². The molecule has 0 atom stereocenters. The zero-order valence-corrected chi connectivity index (χ0v) is 21.0. The minimum Gasteiger partial charge on any atom is -0.317 e. The zero-order valence-electron chi connectivity index (χ0n) is 19.5. The Hall–Kier alpha value is -2.32. The van der Waals surface area contributed by atoms with E-state index in [1.807, 2.05) is 48.5 Å². The molecule has 0 amide bonds. The first-order valence-corrected chi connectivity index (χ1v) is 13.9. The average Bonchev–Trinajstić information content (AvgIpc) is 2.83. The largest absolute Gasteiger partial charge is 0.317 e. The van der Waals surface area contributed by atoms with E-state index in [0.717, 1.165) is 72.9 Å². The molecule has 0 saturated carbocycles. The molecule has 180 valence electrons. The van der Waals surface area contributed by atoms with Gasteiger partial charge in [-0.15, -0.1) is 0 Å². The summed E-state index contributed by atoms with van der Waals surface area (Å²) in [6.07, 6.45) is 7.39. The summed E-state index contributed by atoms with van der Waals surface area (Å²) in [6.45, 7) is 2.06. The van der Waals surface area contributed by atoms with Crippen molar-refractivity contribution in [2.75, 3.05) is 19.3 Å². The van der Waals surface area contributed by atoms with Crippen LogP contribution in [0.15, 0.2) is 60.8 Å². The van der Waals surface area contributed by atoms with Crippen LogP contribution in [-0.4, -0.2) is 48.1 Å². The molecule has 1 aromatic heterocycles. The maximum absolute atomic E-state index is 12.5. The minimum atomic E-state index is -3.31. The number of halogens is 1. The fraction of sp³-hybridized carbons (Fsp3) is 0.385. The Balaban J connectivity index is 1.45. The Morgan fingerprint density at radius 2 is 1.79 bits per heavy atom. The lowest BCUT2D eigenvalue weighted by molar-refractivity contribution is 0.258. The molecule has 0 spiro atoms. The number of sulfonamides is 1. The molecular weight excluding hydrogens is 468 g/mol. The molecule has 0 bridgehead atoms. The molecule has 3 aromatic rings. The minimum absolute atomic E-state index is 0.0325. The first kappa shape index (κ1) is 24.8. The highest BCUT2D eigenvalue weighted by molar-refractivity contribution is 7.88. The van der Waals surface area contributed by atoms with Gasteiger partial charge in [0.1, 0.15) is 5.82 Å². The highest BCUT2D eigenvalue weighted by Gasteiger charge is 2.28. The number of hydrogen-bond acceptors (Lipinski definition) is 5. The summed E-state index contributed by atoms with van der Waals surface area (Å²) in [5.41, 5.74) is 3.99. The van der Waals surface area contributed by atoms with Crippen molar-refractivity contribution >= 4 is 21.6 Å². The van der Waals surface area contributed by atoms with Crippen LogP contribution in [0.2, 0.25) is 5.02 Å². The van der Waals surface area contributed by atoms with Gasteiger partial charge in [0, 0.05) is 35.8 Å². The topological polar surface area (TPSA) is 75.2 Å². The van der Waals surface area contributed by atoms with E-state index in [0.29, 0.717) is 6.54 Å². The highest BCUT2D eigenvalue weighted by atomic mass is 35.5. The Labute approximate surface area is 207 Å². The third-order valence-corrected chi connectivity index (χ3v) is 7.68. The van der Waals surface area contributed by atoms with Crippen molar-refractivity contribution in [3.63, 3.8) is 0 Å². The molecule has 1 aliphatic heterocycles. The number of rotatable bonds is 9. The molecular formula is C26H31ClN4O2S. The zero-order chi connectivity index (χ0) is 24.0. The maximum Gasteiger partial charge on any atom is 0.211 e. The fourth-order valence-corrected chi connectivity index (χ4v) is 5.79. The molecule has 2 aromatic carbocycles. The van der Waals surface area contributed by atoms with E-state index in [-0.39, 0.29) is 6.04 Å². The van der Waals surface area contributed by atoms with Crippen LogP contribution in [0.5, 0.6) is 0 Å². The third-order valence-electron chi connectivity index (χ3n) is 6.16. The number of piperidine rings is 1. The quantitative estimate of drug-likeness (QED) is 0.470. The Kier molecular flexibility index (Phi) is 8.32. The van der Waals surface area contributed by atoms with Crippen molar-refractivity contribution in [3.8, 4) is 11.3 Å². The highest BCUT2D eigenvalue weighted by Crippen LogP contribution is 2.23. The number of nitrogens with one attached hydrogen (secondary N) is 1. The summed E-state index contributed by atoms with van der Waals surface area (Å²) in [5.74, 6) is 0.803. The van der Waals surface area contributed by atoms with Crippen LogP contribution in [0, 0.1) is 0 Å². The van der Waals surface area contributed by atoms with Crippen LogP contribution in [0.3, 0.4) is 0 Å². The van der Waals surface area contributed by atoms with Gasteiger partial charge < -0.3 is 5.32 Å². The normalized spacial score (nSPS) is 15.0. The molecule has 1 saturated heterocycles. The molecule has 0 aliphatic carbocycles. The van der Waals surface area contributed by atoms with Gasteiger partial charge in [-0.3, -0.25) is 0 Å². The molecule has 1 aliphatic rings. The first-order chi connectivity index (χ1) is 16.4. The third kappa shape index (κ3) is 6.85. The lowest BCUT2D eigenvalue weighted by Gasteiger charge is -2.32. The van der Waals surface area contributed by atoms with Crippen LogP contribution < -0.4 is 5.32 Å². The van der Waals surface area contributed by atoms with E-state index < -0.39 is 10.0 Å². The second kappa shape index (κ2) is 11.4. The number of nitrogens with zero attached hydrogens (tertiary/aromatic N) is 3. The Morgan fingerprint density at radius 3 is 2.56 bits per heavy atom. The molecule has 8 heteroatoms.